The minimum absolute atomic E-state index is 0.117. The smallest absolute Gasteiger partial charge is 0.251 e. The van der Waals surface area contributed by atoms with Crippen LogP contribution in [-0.4, -0.2) is 39.3 Å². The Hall–Kier alpha value is -1.75. The fourth-order valence-electron chi connectivity index (χ4n) is 2.18. The number of hydrogen-bond acceptors (Lipinski definition) is 4. The zero-order chi connectivity index (χ0) is 13.8. The Bertz CT molecular complexity index is 458. The van der Waals surface area contributed by atoms with Gasteiger partial charge in [-0.2, -0.15) is 0 Å². The quantitative estimate of drug-likeness (QED) is 0.758. The summed E-state index contributed by atoms with van der Waals surface area (Å²) in [6, 6.07) is 6.03. The summed E-state index contributed by atoms with van der Waals surface area (Å²) < 4.78 is 5.14. The first-order valence-corrected chi connectivity index (χ1v) is 6.54. The van der Waals surface area contributed by atoms with Gasteiger partial charge in [0.2, 0.25) is 0 Å². The number of rotatable bonds is 6. The van der Waals surface area contributed by atoms with Crippen molar-refractivity contribution in [1.82, 2.24) is 5.32 Å². The first-order chi connectivity index (χ1) is 9.17. The van der Waals surface area contributed by atoms with Crippen molar-refractivity contribution in [1.29, 1.82) is 0 Å². The second-order valence-corrected chi connectivity index (χ2v) is 4.77. The molecule has 104 valence electrons. The lowest BCUT2D eigenvalue weighted by Gasteiger charge is -2.26. The van der Waals surface area contributed by atoms with Crippen LogP contribution in [0.4, 0.5) is 11.4 Å². The number of carbonyl (C=O) groups is 1. The van der Waals surface area contributed by atoms with Gasteiger partial charge >= 0.3 is 0 Å². The van der Waals surface area contributed by atoms with Crippen LogP contribution in [-0.2, 0) is 4.74 Å². The summed E-state index contributed by atoms with van der Waals surface area (Å²) in [6.07, 6.45) is 2.39. The summed E-state index contributed by atoms with van der Waals surface area (Å²) in [4.78, 5) is 13.8. The predicted molar refractivity (Wildman–Crippen MR) is 76.5 cm³/mol. The highest BCUT2D eigenvalue weighted by Gasteiger charge is 2.30. The predicted octanol–water partition coefficient (Wildman–Crippen LogP) is 1.24. The van der Waals surface area contributed by atoms with Gasteiger partial charge < -0.3 is 20.7 Å². The van der Waals surface area contributed by atoms with E-state index in [1.165, 1.54) is 12.8 Å². The lowest BCUT2D eigenvalue weighted by Crippen LogP contribution is -2.30. The largest absolute Gasteiger partial charge is 0.397 e. The monoisotopic (exact) mass is 263 g/mol. The number of carbonyl (C=O) groups excluding carboxylic acids is 1. The van der Waals surface area contributed by atoms with Crippen LogP contribution in [0.3, 0.4) is 0 Å². The second-order valence-electron chi connectivity index (χ2n) is 4.77. The fraction of sp³-hybridized carbons (Fsp3) is 0.500. The summed E-state index contributed by atoms with van der Waals surface area (Å²) in [5.41, 5.74) is 8.31. The highest BCUT2D eigenvalue weighted by atomic mass is 16.5. The molecule has 5 heteroatoms. The molecule has 0 aliphatic heterocycles. The molecule has 0 bridgehead atoms. The van der Waals surface area contributed by atoms with E-state index in [1.54, 1.807) is 20.2 Å². The van der Waals surface area contributed by atoms with Gasteiger partial charge in [0.25, 0.3) is 5.91 Å². The zero-order valence-corrected chi connectivity index (χ0v) is 11.5. The number of nitrogen functional groups attached to an aromatic ring is 1. The van der Waals surface area contributed by atoms with E-state index < -0.39 is 0 Å². The number of nitrogens with zero attached hydrogens (tertiary/aromatic N) is 1. The van der Waals surface area contributed by atoms with Crippen LogP contribution in [0.2, 0.25) is 0 Å². The second kappa shape index (κ2) is 5.93. The maximum atomic E-state index is 11.6. The molecule has 2 rings (SSSR count). The van der Waals surface area contributed by atoms with Crippen molar-refractivity contribution in [2.24, 2.45) is 0 Å². The van der Waals surface area contributed by atoms with Crippen molar-refractivity contribution < 1.29 is 9.53 Å². The van der Waals surface area contributed by atoms with Gasteiger partial charge in [0.15, 0.2) is 0 Å². The van der Waals surface area contributed by atoms with E-state index in [2.05, 4.69) is 10.2 Å². The molecule has 1 aliphatic rings. The molecule has 19 heavy (non-hydrogen) atoms. The number of anilines is 2. The average Bonchev–Trinajstić information content (AvgIpc) is 3.24. The maximum Gasteiger partial charge on any atom is 0.251 e. The molecular weight excluding hydrogens is 242 g/mol. The molecule has 1 aliphatic carbocycles. The van der Waals surface area contributed by atoms with Crippen LogP contribution in [0.25, 0.3) is 0 Å². The van der Waals surface area contributed by atoms with Gasteiger partial charge in [0.05, 0.1) is 18.0 Å². The lowest BCUT2D eigenvalue weighted by molar-refractivity contribution is 0.0963. The van der Waals surface area contributed by atoms with Gasteiger partial charge in [-0.3, -0.25) is 4.79 Å². The van der Waals surface area contributed by atoms with Crippen LogP contribution < -0.4 is 16.0 Å². The SMILES string of the molecule is CNC(=O)c1ccc(N(CCOC)C2CC2)c(N)c1. The Kier molecular flexibility index (Phi) is 4.27. The van der Waals surface area contributed by atoms with Crippen LogP contribution in [0.5, 0.6) is 0 Å². The third kappa shape index (κ3) is 3.17. The minimum Gasteiger partial charge on any atom is -0.397 e. The van der Waals surface area contributed by atoms with Crippen molar-refractivity contribution in [2.45, 2.75) is 18.9 Å². The highest BCUT2D eigenvalue weighted by Crippen LogP contribution is 2.34. The molecule has 0 saturated heterocycles. The van der Waals surface area contributed by atoms with E-state index >= 15 is 0 Å². The van der Waals surface area contributed by atoms with E-state index in [-0.39, 0.29) is 5.91 Å². The Morgan fingerprint density at radius 3 is 2.79 bits per heavy atom. The molecule has 1 aromatic rings. The molecule has 0 aromatic heterocycles. The van der Waals surface area contributed by atoms with Crippen molar-refractivity contribution in [2.75, 3.05) is 37.9 Å². The van der Waals surface area contributed by atoms with E-state index in [9.17, 15) is 4.79 Å². The Morgan fingerprint density at radius 2 is 2.26 bits per heavy atom. The van der Waals surface area contributed by atoms with E-state index in [0.717, 1.165) is 12.2 Å². The Morgan fingerprint density at radius 1 is 1.53 bits per heavy atom. The molecule has 0 spiro atoms. The maximum absolute atomic E-state index is 11.6. The third-order valence-corrected chi connectivity index (χ3v) is 3.35. The number of nitrogens with one attached hydrogen (secondary N) is 1. The highest BCUT2D eigenvalue weighted by molar-refractivity contribution is 5.96. The van der Waals surface area contributed by atoms with Crippen LogP contribution >= 0.6 is 0 Å². The van der Waals surface area contributed by atoms with Crippen molar-refractivity contribution in [3.05, 3.63) is 23.8 Å². The molecular formula is C14H21N3O2. The van der Waals surface area contributed by atoms with E-state index in [0.29, 0.717) is 23.9 Å². The van der Waals surface area contributed by atoms with Crippen molar-refractivity contribution in [3.8, 4) is 0 Å². The molecule has 1 aromatic carbocycles. The molecule has 0 radical (unpaired) electrons. The van der Waals surface area contributed by atoms with Gasteiger partial charge in [-0.25, -0.2) is 0 Å². The number of methoxy groups -OCH3 is 1. The topological polar surface area (TPSA) is 67.6 Å². The van der Waals surface area contributed by atoms with E-state index in [4.69, 9.17) is 10.5 Å². The molecule has 1 amide bonds. The first kappa shape index (κ1) is 13.7. The molecule has 5 nitrogen and oxygen atoms in total. The summed E-state index contributed by atoms with van der Waals surface area (Å²) in [6.45, 7) is 1.50. The molecule has 0 unspecified atom stereocenters. The molecule has 3 N–H and O–H groups in total. The normalized spacial score (nSPS) is 14.2. The lowest BCUT2D eigenvalue weighted by atomic mass is 10.1. The minimum atomic E-state index is -0.117. The van der Waals surface area contributed by atoms with Gasteiger partial charge in [0.1, 0.15) is 0 Å². The van der Waals surface area contributed by atoms with Crippen molar-refractivity contribution in [3.63, 3.8) is 0 Å². The molecule has 0 atom stereocenters. The molecule has 0 heterocycles. The fourth-order valence-corrected chi connectivity index (χ4v) is 2.18. The number of nitrogens with two attached hydrogens (primary N) is 1. The average molecular weight is 263 g/mol. The summed E-state index contributed by atoms with van der Waals surface area (Å²) in [5.74, 6) is -0.117. The molecule has 1 saturated carbocycles. The van der Waals surface area contributed by atoms with Gasteiger partial charge in [-0.05, 0) is 31.0 Å². The van der Waals surface area contributed by atoms with Gasteiger partial charge in [-0.15, -0.1) is 0 Å². The molecule has 1 fully saturated rings. The van der Waals surface area contributed by atoms with Gasteiger partial charge in [-0.1, -0.05) is 0 Å². The van der Waals surface area contributed by atoms with Crippen molar-refractivity contribution >= 4 is 17.3 Å². The van der Waals surface area contributed by atoms with Crippen LogP contribution in [0.15, 0.2) is 18.2 Å². The number of ether oxygens (including phenoxy) is 1. The number of benzene rings is 1. The Balaban J connectivity index is 2.20. The third-order valence-electron chi connectivity index (χ3n) is 3.35. The zero-order valence-electron chi connectivity index (χ0n) is 11.5. The summed E-state index contributed by atoms with van der Waals surface area (Å²) >= 11 is 0. The number of hydrogen-bond donors (Lipinski definition) is 2. The van der Waals surface area contributed by atoms with E-state index in [1.807, 2.05) is 12.1 Å². The van der Waals surface area contributed by atoms with Crippen LogP contribution in [0.1, 0.15) is 23.2 Å². The number of amides is 1. The summed E-state index contributed by atoms with van der Waals surface area (Å²) in [5, 5.41) is 2.60. The standard InChI is InChI=1S/C14H21N3O2/c1-16-14(18)10-3-6-13(12(15)9-10)17(7-8-19-2)11-4-5-11/h3,6,9,11H,4-5,7-8,15H2,1-2H3,(H,16,18). The Labute approximate surface area is 113 Å². The van der Waals surface area contributed by atoms with Crippen LogP contribution in [0, 0.1) is 0 Å². The first-order valence-electron chi connectivity index (χ1n) is 6.54. The van der Waals surface area contributed by atoms with Gasteiger partial charge in [0, 0.05) is 32.3 Å². The summed E-state index contributed by atoms with van der Waals surface area (Å²) in [7, 11) is 3.31.